The lowest BCUT2D eigenvalue weighted by Gasteiger charge is -2.16. The third-order valence-electron chi connectivity index (χ3n) is 3.59. The number of anilines is 1. The van der Waals surface area contributed by atoms with E-state index in [1.165, 1.54) is 18.0 Å². The lowest BCUT2D eigenvalue weighted by Crippen LogP contribution is -2.33. The number of fused-ring (bicyclic) bond motifs is 1. The monoisotopic (exact) mass is 360 g/mol. The van der Waals surface area contributed by atoms with E-state index in [1.54, 1.807) is 0 Å². The van der Waals surface area contributed by atoms with E-state index in [0.717, 1.165) is 0 Å². The molecule has 3 rings (SSSR count). The molecule has 0 spiro atoms. The summed E-state index contributed by atoms with van der Waals surface area (Å²) in [5, 5.41) is 20.3. The molecular formula is C11H17N6O6P. The Balaban J connectivity index is 1.91. The third-order valence-corrected chi connectivity index (χ3v) is 4.01. The van der Waals surface area contributed by atoms with Crippen molar-refractivity contribution in [1.82, 2.24) is 19.5 Å². The summed E-state index contributed by atoms with van der Waals surface area (Å²) in [6.45, 7) is -0.180. The van der Waals surface area contributed by atoms with Crippen LogP contribution in [0.25, 0.3) is 11.2 Å². The largest absolute Gasteiger partial charge is 0.467 e. The molecule has 5 atom stereocenters. The molecule has 1 aliphatic rings. The Morgan fingerprint density at radius 3 is 2.79 bits per heavy atom. The summed E-state index contributed by atoms with van der Waals surface area (Å²) in [5.74, 6) is 0.109. The molecule has 1 aliphatic heterocycles. The number of ether oxygens (including phenoxy) is 2. The minimum absolute atomic E-state index is 0.0312. The second kappa shape index (κ2) is 6.69. The molecule has 2 aromatic rings. The number of aliphatic hydroxyl groups excluding tert-OH is 2. The van der Waals surface area contributed by atoms with Gasteiger partial charge >= 0.3 is 6.01 Å². The van der Waals surface area contributed by atoms with Gasteiger partial charge in [-0.2, -0.15) is 9.97 Å². The summed E-state index contributed by atoms with van der Waals surface area (Å²) in [6.07, 6.45) is -3.03. The van der Waals surface area contributed by atoms with E-state index in [4.69, 9.17) is 30.1 Å². The highest BCUT2D eigenvalue weighted by molar-refractivity contribution is 7.43. The summed E-state index contributed by atoms with van der Waals surface area (Å²) < 4.78 is 16.8. The highest BCUT2D eigenvalue weighted by Gasteiger charge is 2.44. The van der Waals surface area contributed by atoms with Crippen LogP contribution in [0, 0.1) is 0 Å². The molecule has 13 heteroatoms. The van der Waals surface area contributed by atoms with Gasteiger partial charge in [-0.25, -0.2) is 4.98 Å². The van der Waals surface area contributed by atoms with Crippen molar-refractivity contribution >= 4 is 25.5 Å². The van der Waals surface area contributed by atoms with Crippen molar-refractivity contribution in [3.05, 3.63) is 6.33 Å². The summed E-state index contributed by atoms with van der Waals surface area (Å²) in [6, 6.07) is 0.0312. The van der Waals surface area contributed by atoms with Crippen LogP contribution >= 0.6 is 8.53 Å². The van der Waals surface area contributed by atoms with Gasteiger partial charge in [0, 0.05) is 0 Å². The van der Waals surface area contributed by atoms with Crippen LogP contribution in [-0.4, -0.2) is 66.7 Å². The van der Waals surface area contributed by atoms with Crippen LogP contribution in [-0.2, 0) is 9.26 Å². The van der Waals surface area contributed by atoms with Gasteiger partial charge in [0.05, 0.1) is 20.0 Å². The molecular weight excluding hydrogens is 343 g/mol. The topological polar surface area (TPSA) is 184 Å². The number of rotatable bonds is 5. The second-order valence-electron chi connectivity index (χ2n) is 5.06. The Kier molecular flexibility index (Phi) is 4.78. The van der Waals surface area contributed by atoms with Crippen LogP contribution < -0.4 is 16.0 Å². The molecule has 1 unspecified atom stereocenters. The summed E-state index contributed by atoms with van der Waals surface area (Å²) in [7, 11) is -0.706. The minimum atomic E-state index is -2.09. The Labute approximate surface area is 137 Å². The van der Waals surface area contributed by atoms with Crippen LogP contribution in [0.4, 0.5) is 5.82 Å². The molecule has 0 bridgehead atoms. The number of nitrogens with zero attached hydrogens (tertiary/aromatic N) is 4. The highest BCUT2D eigenvalue weighted by atomic mass is 31.2. The quantitative estimate of drug-likeness (QED) is 0.380. The predicted octanol–water partition coefficient (Wildman–Crippen LogP) is -1.77. The smallest absolute Gasteiger partial charge is 0.320 e. The molecule has 132 valence electrons. The van der Waals surface area contributed by atoms with Gasteiger partial charge in [-0.05, 0) is 0 Å². The zero-order valence-corrected chi connectivity index (χ0v) is 13.4. The Morgan fingerprint density at radius 2 is 2.12 bits per heavy atom. The van der Waals surface area contributed by atoms with Crippen LogP contribution in [0.3, 0.4) is 0 Å². The molecule has 0 aliphatic carbocycles. The van der Waals surface area contributed by atoms with Gasteiger partial charge in [-0.1, -0.05) is 0 Å². The number of aromatic nitrogens is 4. The van der Waals surface area contributed by atoms with Crippen molar-refractivity contribution in [3.63, 3.8) is 0 Å². The van der Waals surface area contributed by atoms with Gasteiger partial charge in [-0.3, -0.25) is 10.1 Å². The van der Waals surface area contributed by atoms with Gasteiger partial charge in [0.15, 0.2) is 23.2 Å². The average Bonchev–Trinajstić information content (AvgIpc) is 3.08. The van der Waals surface area contributed by atoms with Crippen molar-refractivity contribution < 1.29 is 29.1 Å². The summed E-state index contributed by atoms with van der Waals surface area (Å²) >= 11 is 0. The normalized spacial score (nSPS) is 28.4. The van der Waals surface area contributed by atoms with Crippen LogP contribution in [0.2, 0.25) is 0 Å². The van der Waals surface area contributed by atoms with E-state index >= 15 is 0 Å². The molecule has 0 radical (unpaired) electrons. The van der Waals surface area contributed by atoms with E-state index in [2.05, 4.69) is 15.0 Å². The molecule has 2 aromatic heterocycles. The molecule has 1 fully saturated rings. The van der Waals surface area contributed by atoms with Crippen LogP contribution in [0.1, 0.15) is 6.23 Å². The van der Waals surface area contributed by atoms with E-state index in [1.807, 2.05) is 0 Å². The first-order valence-corrected chi connectivity index (χ1v) is 8.12. The third kappa shape index (κ3) is 3.00. The maximum Gasteiger partial charge on any atom is 0.320 e. The summed E-state index contributed by atoms with van der Waals surface area (Å²) in [5.41, 5.74) is 11.5. The second-order valence-corrected chi connectivity index (χ2v) is 5.93. The molecule has 12 nitrogen and oxygen atoms in total. The Hall–Kier alpha value is -1.66. The van der Waals surface area contributed by atoms with Crippen LogP contribution in [0.15, 0.2) is 6.33 Å². The fourth-order valence-electron chi connectivity index (χ4n) is 2.44. The van der Waals surface area contributed by atoms with Gasteiger partial charge < -0.3 is 34.8 Å². The van der Waals surface area contributed by atoms with E-state index in [0.29, 0.717) is 5.52 Å². The maximum absolute atomic E-state index is 10.2. The SMILES string of the molecule is COc1nc(N)c2ncn([C@@H]3O[C@H](COP(N)O)[C@@H](O)[C@H]3O)c2n1. The number of imidazole rings is 1. The molecule has 0 aromatic carbocycles. The number of methoxy groups -OCH3 is 1. The average molecular weight is 360 g/mol. The molecule has 24 heavy (non-hydrogen) atoms. The van der Waals surface area contributed by atoms with Crippen molar-refractivity contribution in [2.24, 2.45) is 5.50 Å². The molecule has 1 saturated heterocycles. The zero-order valence-electron chi connectivity index (χ0n) is 12.6. The van der Waals surface area contributed by atoms with Gasteiger partial charge in [0.1, 0.15) is 18.3 Å². The predicted molar refractivity (Wildman–Crippen MR) is 81.5 cm³/mol. The van der Waals surface area contributed by atoms with Gasteiger partial charge in [0.25, 0.3) is 0 Å². The van der Waals surface area contributed by atoms with Crippen LogP contribution in [0.5, 0.6) is 6.01 Å². The number of hydrogen-bond donors (Lipinski definition) is 5. The fraction of sp³-hybridized carbons (Fsp3) is 0.545. The first kappa shape index (κ1) is 17.2. The first-order chi connectivity index (χ1) is 11.4. The number of hydrogen-bond acceptors (Lipinski definition) is 11. The Bertz CT molecular complexity index is 728. The maximum atomic E-state index is 10.2. The summed E-state index contributed by atoms with van der Waals surface area (Å²) in [4.78, 5) is 21.2. The Morgan fingerprint density at radius 1 is 1.38 bits per heavy atom. The zero-order chi connectivity index (χ0) is 17.4. The minimum Gasteiger partial charge on any atom is -0.467 e. The standard InChI is InChI=1S/C11H17N6O6P/c1-21-11-15-8(12)5-9(16-11)17(3-14-5)10-7(19)6(18)4(23-10)2-22-24(13)20/h3-4,6-7,10,18-20H,2,13H2,1H3,(H2,12,15,16)/t4-,6-,7-,10-,24?/m1/s1. The van der Waals surface area contributed by atoms with Crippen molar-refractivity contribution in [2.45, 2.75) is 24.5 Å². The molecule has 0 saturated carbocycles. The number of aliphatic hydroxyl groups is 2. The highest BCUT2D eigenvalue weighted by Crippen LogP contribution is 2.34. The van der Waals surface area contributed by atoms with E-state index in [-0.39, 0.29) is 24.1 Å². The molecule has 7 N–H and O–H groups in total. The lowest BCUT2D eigenvalue weighted by molar-refractivity contribution is -0.0472. The molecule has 3 heterocycles. The van der Waals surface area contributed by atoms with Gasteiger partial charge in [0.2, 0.25) is 8.53 Å². The first-order valence-electron chi connectivity index (χ1n) is 6.84. The van der Waals surface area contributed by atoms with E-state index in [9.17, 15) is 10.2 Å². The van der Waals surface area contributed by atoms with Crippen molar-refractivity contribution in [2.75, 3.05) is 19.5 Å². The van der Waals surface area contributed by atoms with E-state index < -0.39 is 33.1 Å². The molecule has 0 amide bonds. The van der Waals surface area contributed by atoms with Gasteiger partial charge in [-0.15, -0.1) is 0 Å². The fourth-order valence-corrected chi connectivity index (χ4v) is 2.74. The lowest BCUT2D eigenvalue weighted by atomic mass is 10.1. The van der Waals surface area contributed by atoms with Crippen molar-refractivity contribution in [1.29, 1.82) is 0 Å². The van der Waals surface area contributed by atoms with Crippen molar-refractivity contribution in [3.8, 4) is 6.01 Å². The number of nitrogens with two attached hydrogens (primary N) is 2. The number of nitrogen functional groups attached to an aromatic ring is 1.